The van der Waals surface area contributed by atoms with Crippen molar-refractivity contribution in [3.05, 3.63) is 24.1 Å². The van der Waals surface area contributed by atoms with Gasteiger partial charge in [0.1, 0.15) is 6.04 Å². The Morgan fingerprint density at radius 1 is 1.25 bits per heavy atom. The lowest BCUT2D eigenvalue weighted by atomic mass is 9.82. The number of amides is 2. The Bertz CT molecular complexity index is 1280. The van der Waals surface area contributed by atoms with E-state index in [4.69, 9.17) is 4.52 Å². The molecule has 2 bridgehead atoms. The fourth-order valence-electron chi connectivity index (χ4n) is 5.60. The molecule has 6 rings (SSSR count). The molecule has 192 valence electrons. The lowest BCUT2D eigenvalue weighted by molar-refractivity contribution is -0.0327. The molecule has 1 unspecified atom stereocenters. The first kappa shape index (κ1) is 23.9. The van der Waals surface area contributed by atoms with Gasteiger partial charge in [-0.25, -0.2) is 4.79 Å². The smallest absolute Gasteiger partial charge is 0.381 e. The zero-order chi connectivity index (χ0) is 25.0. The summed E-state index contributed by atoms with van der Waals surface area (Å²) in [5, 5.41) is 13.4. The number of carbonyl (C=O) groups excluding carboxylic acids is 1. The molecule has 2 aromatic heterocycles. The van der Waals surface area contributed by atoms with Gasteiger partial charge >= 0.3 is 11.5 Å². The number of halogens is 3. The van der Waals surface area contributed by atoms with Gasteiger partial charge in [0.05, 0.1) is 15.3 Å². The van der Waals surface area contributed by atoms with Crippen LogP contribution in [0, 0.1) is 0 Å². The molecule has 3 aliphatic rings. The van der Waals surface area contributed by atoms with Gasteiger partial charge in [0.15, 0.2) is 0 Å². The average molecular weight is 539 g/mol. The third kappa shape index (κ3) is 4.52. The molecular formula is C23H25F3N6O2S2. The number of aromatic nitrogens is 2. The van der Waals surface area contributed by atoms with E-state index in [1.807, 2.05) is 6.07 Å². The highest BCUT2D eigenvalue weighted by molar-refractivity contribution is 8.00. The molecule has 2 amide bonds. The van der Waals surface area contributed by atoms with E-state index in [1.54, 1.807) is 12.1 Å². The lowest BCUT2D eigenvalue weighted by Gasteiger charge is -2.47. The monoisotopic (exact) mass is 538 g/mol. The topological polar surface area (TPSA) is 95.3 Å². The van der Waals surface area contributed by atoms with E-state index in [0.717, 1.165) is 23.2 Å². The van der Waals surface area contributed by atoms with Crippen LogP contribution >= 0.6 is 23.1 Å². The van der Waals surface area contributed by atoms with Gasteiger partial charge in [0.2, 0.25) is 5.82 Å². The van der Waals surface area contributed by atoms with Crippen LogP contribution in [0.4, 0.5) is 23.7 Å². The van der Waals surface area contributed by atoms with Gasteiger partial charge in [-0.1, -0.05) is 23.7 Å². The molecule has 36 heavy (non-hydrogen) atoms. The zero-order valence-corrected chi connectivity index (χ0v) is 21.0. The van der Waals surface area contributed by atoms with E-state index in [0.29, 0.717) is 22.3 Å². The molecule has 0 saturated carbocycles. The van der Waals surface area contributed by atoms with E-state index < -0.39 is 11.6 Å². The number of hydrogen-bond donors (Lipinski definition) is 3. The molecule has 0 radical (unpaired) electrons. The zero-order valence-electron chi connectivity index (χ0n) is 19.4. The number of fused-ring (bicyclic) bond motifs is 3. The normalized spacial score (nSPS) is 26.7. The summed E-state index contributed by atoms with van der Waals surface area (Å²) >= 11 is 1.07. The van der Waals surface area contributed by atoms with E-state index in [9.17, 15) is 18.0 Å². The number of carbonyl (C=O) groups is 1. The Balaban J connectivity index is 1.35. The van der Waals surface area contributed by atoms with Crippen LogP contribution < -0.4 is 16.0 Å². The number of benzene rings is 1. The maximum Gasteiger partial charge on any atom is 0.446 e. The quantitative estimate of drug-likeness (QED) is 0.377. The Kier molecular flexibility index (Phi) is 6.03. The molecule has 3 fully saturated rings. The number of thiophene rings is 1. The Morgan fingerprint density at radius 3 is 2.72 bits per heavy atom. The number of anilines is 1. The summed E-state index contributed by atoms with van der Waals surface area (Å²) in [4.78, 5) is 18.7. The molecular weight excluding hydrogens is 513 g/mol. The largest absolute Gasteiger partial charge is 0.446 e. The average Bonchev–Trinajstić information content (AvgIpc) is 3.53. The van der Waals surface area contributed by atoms with Crippen molar-refractivity contribution in [2.75, 3.05) is 18.9 Å². The fourth-order valence-corrected chi connectivity index (χ4v) is 7.71. The summed E-state index contributed by atoms with van der Waals surface area (Å²) in [6, 6.07) is 5.89. The number of nitrogens with one attached hydrogen (secondary N) is 3. The predicted molar refractivity (Wildman–Crippen MR) is 132 cm³/mol. The molecule has 5 heterocycles. The molecule has 8 nitrogen and oxygen atoms in total. The second-order valence-corrected chi connectivity index (χ2v) is 11.7. The van der Waals surface area contributed by atoms with Crippen LogP contribution in [0.2, 0.25) is 0 Å². The van der Waals surface area contributed by atoms with Crippen molar-refractivity contribution in [3.8, 4) is 10.7 Å². The minimum atomic E-state index is -4.48. The van der Waals surface area contributed by atoms with Crippen molar-refractivity contribution in [1.82, 2.24) is 25.7 Å². The van der Waals surface area contributed by atoms with Crippen molar-refractivity contribution in [1.29, 1.82) is 0 Å². The number of thioether (sulfide) groups is 1. The number of nitrogens with zero attached hydrogens (tertiary/aromatic N) is 3. The van der Waals surface area contributed by atoms with Gasteiger partial charge in [-0.3, -0.25) is 0 Å². The second-order valence-electron chi connectivity index (χ2n) is 9.57. The predicted octanol–water partition coefficient (Wildman–Crippen LogP) is 5.34. The molecule has 3 N–H and O–H groups in total. The second kappa shape index (κ2) is 9.10. The minimum Gasteiger partial charge on any atom is -0.381 e. The van der Waals surface area contributed by atoms with Crippen molar-refractivity contribution in [2.24, 2.45) is 0 Å². The minimum absolute atomic E-state index is 0.0623. The number of piperidine rings is 2. The standard InChI is InChI=1S/C23H25F3N6O2S2/c1-32-12-4-2-5-13(32)9-11(8-12)28-15-7-3-6-14-17(15)35-19(18(14)36-23(24,25)26)20-30-21(34-31-20)16-10-27-22(33)29-16/h3,6-7,11-13,16,28H,2,4-5,8-10H2,1H3,(H2,27,29,33)/t11?,12-,13+,16-/m1/s1. The first-order chi connectivity index (χ1) is 17.2. The van der Waals surface area contributed by atoms with E-state index >= 15 is 0 Å². The van der Waals surface area contributed by atoms with Crippen LogP contribution in [0.5, 0.6) is 0 Å². The van der Waals surface area contributed by atoms with Crippen molar-refractivity contribution in [3.63, 3.8) is 0 Å². The van der Waals surface area contributed by atoms with E-state index in [1.165, 1.54) is 30.6 Å². The van der Waals surface area contributed by atoms with Gasteiger partial charge in [-0.15, -0.1) is 11.3 Å². The van der Waals surface area contributed by atoms with E-state index in [-0.39, 0.29) is 47.0 Å². The Labute approximate surface area is 213 Å². The number of hydrogen-bond acceptors (Lipinski definition) is 8. The third-order valence-electron chi connectivity index (χ3n) is 7.30. The van der Waals surface area contributed by atoms with Gasteiger partial charge < -0.3 is 25.4 Å². The fraction of sp³-hybridized carbons (Fsp3) is 0.522. The highest BCUT2D eigenvalue weighted by Crippen LogP contribution is 2.51. The number of alkyl halides is 3. The Hall–Kier alpha value is -2.51. The first-order valence-electron chi connectivity index (χ1n) is 11.9. The summed E-state index contributed by atoms with van der Waals surface area (Å²) < 4.78 is 46.9. The molecule has 13 heteroatoms. The highest BCUT2D eigenvalue weighted by atomic mass is 32.2. The number of urea groups is 1. The van der Waals surface area contributed by atoms with Crippen molar-refractivity contribution < 1.29 is 22.5 Å². The lowest BCUT2D eigenvalue weighted by Crippen LogP contribution is -2.52. The molecule has 3 aromatic rings. The molecule has 0 aliphatic carbocycles. The molecule has 1 aromatic carbocycles. The number of rotatable bonds is 5. The highest BCUT2D eigenvalue weighted by Gasteiger charge is 2.37. The molecule has 3 aliphatic heterocycles. The van der Waals surface area contributed by atoms with Crippen LogP contribution in [-0.4, -0.2) is 58.3 Å². The van der Waals surface area contributed by atoms with Crippen LogP contribution in [0.15, 0.2) is 27.6 Å². The van der Waals surface area contributed by atoms with E-state index in [2.05, 4.69) is 38.0 Å². The van der Waals surface area contributed by atoms with Gasteiger partial charge in [-0.05, 0) is 50.6 Å². The van der Waals surface area contributed by atoms with Crippen molar-refractivity contribution >= 4 is 44.9 Å². The van der Waals surface area contributed by atoms with Crippen LogP contribution in [-0.2, 0) is 0 Å². The van der Waals surface area contributed by atoms with Crippen molar-refractivity contribution in [2.45, 2.75) is 66.7 Å². The molecule has 0 spiro atoms. The first-order valence-corrected chi connectivity index (χ1v) is 13.6. The van der Waals surface area contributed by atoms with Crippen LogP contribution in [0.3, 0.4) is 0 Å². The SMILES string of the molecule is CN1[C@@H]2CCC[C@H]1CC(Nc1cccc3c(SC(F)(F)F)c(-c4noc([C@H]5CNC(=O)N5)n4)sc13)C2. The van der Waals surface area contributed by atoms with Gasteiger partial charge in [-0.2, -0.15) is 18.2 Å². The summed E-state index contributed by atoms with van der Waals surface area (Å²) in [6.07, 6.45) is 5.65. The van der Waals surface area contributed by atoms with Crippen LogP contribution in [0.1, 0.15) is 44.0 Å². The summed E-state index contributed by atoms with van der Waals surface area (Å²) in [7, 11) is 2.20. The van der Waals surface area contributed by atoms with Gasteiger partial charge in [0.25, 0.3) is 5.89 Å². The Morgan fingerprint density at radius 2 is 2.03 bits per heavy atom. The maximum absolute atomic E-state index is 13.6. The summed E-state index contributed by atoms with van der Waals surface area (Å²) in [5.74, 6) is 0.235. The van der Waals surface area contributed by atoms with Gasteiger partial charge in [0, 0.05) is 35.0 Å². The third-order valence-corrected chi connectivity index (χ3v) is 9.53. The summed E-state index contributed by atoms with van der Waals surface area (Å²) in [6.45, 7) is 0.268. The van der Waals surface area contributed by atoms with Crippen LogP contribution in [0.25, 0.3) is 20.8 Å². The maximum atomic E-state index is 13.6. The summed E-state index contributed by atoms with van der Waals surface area (Å²) in [5.41, 5.74) is -3.65. The molecule has 3 saturated heterocycles. The molecule has 4 atom stereocenters.